The fraction of sp³-hybridized carbons (Fsp3) is 0.0714. The van der Waals surface area contributed by atoms with Gasteiger partial charge in [-0.05, 0) is 31.2 Å². The SMILES string of the molecule is Cc1cccc(-c2cc(O)c3cccnc3n2)n1. The molecule has 0 amide bonds. The van der Waals surface area contributed by atoms with Gasteiger partial charge in [0.1, 0.15) is 5.75 Å². The second-order valence-electron chi connectivity index (χ2n) is 4.07. The maximum atomic E-state index is 9.97. The van der Waals surface area contributed by atoms with Crippen molar-refractivity contribution in [2.24, 2.45) is 0 Å². The number of aromatic hydroxyl groups is 1. The quantitative estimate of drug-likeness (QED) is 0.707. The van der Waals surface area contributed by atoms with Crippen molar-refractivity contribution in [3.63, 3.8) is 0 Å². The molecule has 18 heavy (non-hydrogen) atoms. The molecule has 0 aromatic carbocycles. The van der Waals surface area contributed by atoms with Crippen LogP contribution in [0.2, 0.25) is 0 Å². The first-order chi connectivity index (χ1) is 8.74. The van der Waals surface area contributed by atoms with Gasteiger partial charge in [-0.15, -0.1) is 0 Å². The molecular weight excluding hydrogens is 226 g/mol. The minimum Gasteiger partial charge on any atom is -0.507 e. The number of aryl methyl sites for hydroxylation is 1. The van der Waals surface area contributed by atoms with Gasteiger partial charge in [0.25, 0.3) is 0 Å². The Bertz CT molecular complexity index is 725. The molecule has 3 aromatic rings. The Labute approximate surface area is 104 Å². The van der Waals surface area contributed by atoms with Crippen LogP contribution in [0.1, 0.15) is 5.69 Å². The smallest absolute Gasteiger partial charge is 0.163 e. The third-order valence-corrected chi connectivity index (χ3v) is 2.71. The molecule has 0 aliphatic heterocycles. The standard InChI is InChI=1S/C14H11N3O/c1-9-4-2-6-11(16-9)12-8-13(18)10-5-3-7-15-14(10)17-12/h2-8H,1H3,(H,15,17,18). The summed E-state index contributed by atoms with van der Waals surface area (Å²) in [6.45, 7) is 1.92. The summed E-state index contributed by atoms with van der Waals surface area (Å²) in [5.74, 6) is 0.173. The third kappa shape index (κ3) is 1.78. The van der Waals surface area contributed by atoms with Crippen LogP contribution in [0.15, 0.2) is 42.6 Å². The Morgan fingerprint density at radius 1 is 1.00 bits per heavy atom. The molecule has 0 bridgehead atoms. The largest absolute Gasteiger partial charge is 0.507 e. The molecule has 0 aliphatic rings. The molecule has 4 heteroatoms. The second kappa shape index (κ2) is 4.07. The van der Waals surface area contributed by atoms with Crippen LogP contribution in [0, 0.1) is 6.92 Å². The Balaban J connectivity index is 2.24. The minimum absolute atomic E-state index is 0.173. The van der Waals surface area contributed by atoms with Crippen molar-refractivity contribution >= 4 is 11.0 Å². The van der Waals surface area contributed by atoms with Crippen LogP contribution in [0.3, 0.4) is 0 Å². The molecule has 0 fully saturated rings. The zero-order valence-electron chi connectivity index (χ0n) is 9.83. The lowest BCUT2D eigenvalue weighted by Gasteiger charge is -2.04. The number of rotatable bonds is 1. The van der Waals surface area contributed by atoms with Gasteiger partial charge >= 0.3 is 0 Å². The molecule has 3 aromatic heterocycles. The lowest BCUT2D eigenvalue weighted by atomic mass is 10.2. The molecule has 3 heterocycles. The highest BCUT2D eigenvalue weighted by Gasteiger charge is 2.08. The zero-order valence-corrected chi connectivity index (χ0v) is 9.83. The summed E-state index contributed by atoms with van der Waals surface area (Å²) in [5, 5.41) is 10.6. The van der Waals surface area contributed by atoms with E-state index in [1.165, 1.54) is 0 Å². The average Bonchev–Trinajstić information content (AvgIpc) is 2.39. The lowest BCUT2D eigenvalue weighted by Crippen LogP contribution is -1.91. The molecule has 0 unspecified atom stereocenters. The summed E-state index contributed by atoms with van der Waals surface area (Å²) in [7, 11) is 0. The van der Waals surface area contributed by atoms with E-state index in [1.54, 1.807) is 24.4 Å². The maximum absolute atomic E-state index is 9.97. The van der Waals surface area contributed by atoms with Crippen molar-refractivity contribution in [2.75, 3.05) is 0 Å². The van der Waals surface area contributed by atoms with Gasteiger partial charge in [0, 0.05) is 18.0 Å². The first-order valence-electron chi connectivity index (χ1n) is 5.63. The van der Waals surface area contributed by atoms with E-state index in [-0.39, 0.29) is 5.75 Å². The van der Waals surface area contributed by atoms with Gasteiger partial charge in [-0.1, -0.05) is 6.07 Å². The first kappa shape index (κ1) is 10.7. The van der Waals surface area contributed by atoms with Crippen LogP contribution in [0.4, 0.5) is 0 Å². The molecule has 0 saturated heterocycles. The van der Waals surface area contributed by atoms with Crippen LogP contribution >= 0.6 is 0 Å². The molecule has 3 rings (SSSR count). The highest BCUT2D eigenvalue weighted by Crippen LogP contribution is 2.26. The van der Waals surface area contributed by atoms with Crippen molar-refractivity contribution in [2.45, 2.75) is 6.92 Å². The van der Waals surface area contributed by atoms with E-state index in [4.69, 9.17) is 0 Å². The number of hydrogen-bond acceptors (Lipinski definition) is 4. The van der Waals surface area contributed by atoms with E-state index >= 15 is 0 Å². The van der Waals surface area contributed by atoms with E-state index in [2.05, 4.69) is 15.0 Å². The number of aromatic nitrogens is 3. The van der Waals surface area contributed by atoms with Gasteiger partial charge in [-0.2, -0.15) is 0 Å². The normalized spacial score (nSPS) is 10.7. The van der Waals surface area contributed by atoms with Crippen molar-refractivity contribution in [1.82, 2.24) is 15.0 Å². The highest BCUT2D eigenvalue weighted by atomic mass is 16.3. The van der Waals surface area contributed by atoms with E-state index in [1.807, 2.05) is 25.1 Å². The monoisotopic (exact) mass is 237 g/mol. The van der Waals surface area contributed by atoms with Crippen molar-refractivity contribution in [3.05, 3.63) is 48.3 Å². The number of nitrogens with zero attached hydrogens (tertiary/aromatic N) is 3. The summed E-state index contributed by atoms with van der Waals surface area (Å²) >= 11 is 0. The molecule has 0 radical (unpaired) electrons. The van der Waals surface area contributed by atoms with Crippen LogP contribution in [0.25, 0.3) is 22.4 Å². The van der Waals surface area contributed by atoms with Gasteiger partial charge in [0.05, 0.1) is 16.8 Å². The summed E-state index contributed by atoms with van der Waals surface area (Å²) in [6, 6.07) is 10.9. The van der Waals surface area contributed by atoms with Gasteiger partial charge in [-0.3, -0.25) is 4.98 Å². The summed E-state index contributed by atoms with van der Waals surface area (Å²) in [5.41, 5.74) is 2.80. The van der Waals surface area contributed by atoms with Crippen LogP contribution in [-0.2, 0) is 0 Å². The zero-order chi connectivity index (χ0) is 12.5. The van der Waals surface area contributed by atoms with Crippen LogP contribution < -0.4 is 0 Å². The molecule has 0 spiro atoms. The topological polar surface area (TPSA) is 58.9 Å². The predicted molar refractivity (Wildman–Crippen MR) is 69.2 cm³/mol. The molecule has 88 valence electrons. The molecule has 0 saturated carbocycles. The minimum atomic E-state index is 0.173. The van der Waals surface area contributed by atoms with E-state index in [9.17, 15) is 5.11 Å². The van der Waals surface area contributed by atoms with E-state index < -0.39 is 0 Å². The Kier molecular flexibility index (Phi) is 2.41. The summed E-state index contributed by atoms with van der Waals surface area (Å²) in [6.07, 6.45) is 1.65. The van der Waals surface area contributed by atoms with Crippen LogP contribution in [-0.4, -0.2) is 20.1 Å². The molecular formula is C14H11N3O. The highest BCUT2D eigenvalue weighted by molar-refractivity contribution is 5.84. The second-order valence-corrected chi connectivity index (χ2v) is 4.07. The van der Waals surface area contributed by atoms with Crippen molar-refractivity contribution < 1.29 is 5.11 Å². The van der Waals surface area contributed by atoms with Crippen molar-refractivity contribution in [3.8, 4) is 17.1 Å². The summed E-state index contributed by atoms with van der Waals surface area (Å²) in [4.78, 5) is 13.0. The van der Waals surface area contributed by atoms with Crippen LogP contribution in [0.5, 0.6) is 5.75 Å². The predicted octanol–water partition coefficient (Wildman–Crippen LogP) is 2.71. The van der Waals surface area contributed by atoms with Gasteiger partial charge in [0.2, 0.25) is 0 Å². The van der Waals surface area contributed by atoms with Gasteiger partial charge in [0.15, 0.2) is 5.65 Å². The average molecular weight is 237 g/mol. The number of pyridine rings is 3. The molecule has 0 atom stereocenters. The van der Waals surface area contributed by atoms with E-state index in [0.29, 0.717) is 16.7 Å². The fourth-order valence-electron chi connectivity index (χ4n) is 1.86. The summed E-state index contributed by atoms with van der Waals surface area (Å²) < 4.78 is 0. The Hall–Kier alpha value is -2.49. The van der Waals surface area contributed by atoms with Gasteiger partial charge in [-0.25, -0.2) is 9.97 Å². The van der Waals surface area contributed by atoms with E-state index in [0.717, 1.165) is 11.4 Å². The maximum Gasteiger partial charge on any atom is 0.163 e. The Morgan fingerprint density at radius 3 is 2.72 bits per heavy atom. The number of fused-ring (bicyclic) bond motifs is 1. The van der Waals surface area contributed by atoms with Gasteiger partial charge < -0.3 is 5.11 Å². The molecule has 0 aliphatic carbocycles. The molecule has 4 nitrogen and oxygen atoms in total. The lowest BCUT2D eigenvalue weighted by molar-refractivity contribution is 0.481. The first-order valence-corrected chi connectivity index (χ1v) is 5.63. The molecule has 1 N–H and O–H groups in total. The Morgan fingerprint density at radius 2 is 1.89 bits per heavy atom. The number of hydrogen-bond donors (Lipinski definition) is 1. The third-order valence-electron chi connectivity index (χ3n) is 2.71. The van der Waals surface area contributed by atoms with Crippen molar-refractivity contribution in [1.29, 1.82) is 0 Å². The fourth-order valence-corrected chi connectivity index (χ4v) is 1.86.